The van der Waals surface area contributed by atoms with E-state index in [1.165, 1.54) is 5.56 Å². The monoisotopic (exact) mass is 381 g/mol. The van der Waals surface area contributed by atoms with E-state index >= 15 is 0 Å². The van der Waals surface area contributed by atoms with Gasteiger partial charge in [-0.3, -0.25) is 9.69 Å². The minimum atomic E-state index is 0.00733. The van der Waals surface area contributed by atoms with Gasteiger partial charge in [-0.1, -0.05) is 30.3 Å². The molecule has 1 N–H and O–H groups in total. The van der Waals surface area contributed by atoms with Crippen LogP contribution in [-0.2, 0) is 16.1 Å². The zero-order chi connectivity index (χ0) is 19.2. The number of nitrogens with zero attached hydrogens (tertiary/aromatic N) is 4. The molecule has 2 aromatic rings. The van der Waals surface area contributed by atoms with Crippen LogP contribution in [0.15, 0.2) is 42.5 Å². The van der Waals surface area contributed by atoms with Gasteiger partial charge in [0, 0.05) is 51.9 Å². The fraction of sp³-hybridized carbons (Fsp3) is 0.476. The minimum Gasteiger partial charge on any atom is -0.381 e. The summed E-state index contributed by atoms with van der Waals surface area (Å²) in [7, 11) is 0. The van der Waals surface area contributed by atoms with Gasteiger partial charge in [0.1, 0.15) is 0 Å². The molecule has 148 valence electrons. The molecule has 28 heavy (non-hydrogen) atoms. The van der Waals surface area contributed by atoms with Gasteiger partial charge in [-0.25, -0.2) is 0 Å². The predicted molar refractivity (Wildman–Crippen MR) is 108 cm³/mol. The van der Waals surface area contributed by atoms with Crippen molar-refractivity contribution in [1.29, 1.82) is 0 Å². The third-order valence-corrected chi connectivity index (χ3v) is 5.44. The zero-order valence-electron chi connectivity index (χ0n) is 16.1. The first-order chi connectivity index (χ1) is 13.8. The Balaban J connectivity index is 1.27. The van der Waals surface area contributed by atoms with Gasteiger partial charge in [0.25, 0.3) is 0 Å². The number of anilines is 2. The summed E-state index contributed by atoms with van der Waals surface area (Å²) < 4.78 is 5.31. The van der Waals surface area contributed by atoms with Crippen molar-refractivity contribution in [3.63, 3.8) is 0 Å². The number of piperazine rings is 1. The molecule has 7 nitrogen and oxygen atoms in total. The van der Waals surface area contributed by atoms with Gasteiger partial charge in [0.2, 0.25) is 5.91 Å². The van der Waals surface area contributed by atoms with Crippen LogP contribution < -0.4 is 10.2 Å². The maximum atomic E-state index is 12.3. The number of aromatic nitrogens is 2. The lowest BCUT2D eigenvalue weighted by molar-refractivity contribution is -0.122. The molecule has 1 aromatic heterocycles. The average molecular weight is 381 g/mol. The lowest BCUT2D eigenvalue weighted by Gasteiger charge is -2.35. The molecule has 0 bridgehead atoms. The summed E-state index contributed by atoms with van der Waals surface area (Å²) in [5.41, 5.74) is 1.35. The Morgan fingerprint density at radius 1 is 1.00 bits per heavy atom. The summed E-state index contributed by atoms with van der Waals surface area (Å²) in [5, 5.41) is 11.4. The molecule has 0 saturated carbocycles. The van der Waals surface area contributed by atoms with Crippen molar-refractivity contribution in [2.24, 2.45) is 5.92 Å². The van der Waals surface area contributed by atoms with Gasteiger partial charge in [-0.05, 0) is 30.5 Å². The van der Waals surface area contributed by atoms with E-state index in [1.807, 2.05) is 12.1 Å². The predicted octanol–water partition coefficient (Wildman–Crippen LogP) is 2.16. The maximum Gasteiger partial charge on any atom is 0.228 e. The zero-order valence-corrected chi connectivity index (χ0v) is 16.1. The Hall–Kier alpha value is -2.51. The third kappa shape index (κ3) is 4.85. The molecule has 4 rings (SSSR count). The molecular weight excluding hydrogens is 354 g/mol. The second-order valence-corrected chi connectivity index (χ2v) is 7.40. The van der Waals surface area contributed by atoms with E-state index in [-0.39, 0.29) is 11.8 Å². The van der Waals surface area contributed by atoms with Crippen LogP contribution in [0.4, 0.5) is 11.6 Å². The minimum absolute atomic E-state index is 0.00733. The first kappa shape index (κ1) is 18.8. The topological polar surface area (TPSA) is 70.6 Å². The van der Waals surface area contributed by atoms with E-state index in [0.29, 0.717) is 19.0 Å². The molecule has 1 amide bonds. The van der Waals surface area contributed by atoms with Crippen LogP contribution in [0.2, 0.25) is 0 Å². The van der Waals surface area contributed by atoms with Crippen LogP contribution in [0.5, 0.6) is 0 Å². The van der Waals surface area contributed by atoms with E-state index < -0.39 is 0 Å². The molecule has 0 spiro atoms. The molecule has 0 aliphatic carbocycles. The van der Waals surface area contributed by atoms with Crippen molar-refractivity contribution < 1.29 is 9.53 Å². The molecule has 0 atom stereocenters. The summed E-state index contributed by atoms with van der Waals surface area (Å²) in [4.78, 5) is 17.0. The van der Waals surface area contributed by atoms with Crippen LogP contribution in [0.25, 0.3) is 0 Å². The first-order valence-electron chi connectivity index (χ1n) is 10.0. The van der Waals surface area contributed by atoms with Crippen molar-refractivity contribution in [3.05, 3.63) is 48.0 Å². The molecule has 2 aliphatic rings. The molecule has 2 fully saturated rings. The molecule has 2 aliphatic heterocycles. The number of rotatable bonds is 5. The highest BCUT2D eigenvalue weighted by atomic mass is 16.5. The smallest absolute Gasteiger partial charge is 0.228 e. The van der Waals surface area contributed by atoms with Crippen LogP contribution in [-0.4, -0.2) is 60.4 Å². The van der Waals surface area contributed by atoms with Gasteiger partial charge in [0.15, 0.2) is 11.6 Å². The Kier molecular flexibility index (Phi) is 6.14. The van der Waals surface area contributed by atoms with Crippen LogP contribution in [0, 0.1) is 5.92 Å². The molecule has 3 heterocycles. The number of carbonyl (C=O) groups is 1. The number of benzene rings is 1. The Labute approximate surface area is 165 Å². The Bertz CT molecular complexity index is 754. The van der Waals surface area contributed by atoms with Gasteiger partial charge in [0.05, 0.1) is 0 Å². The van der Waals surface area contributed by atoms with Gasteiger partial charge < -0.3 is 15.0 Å². The van der Waals surface area contributed by atoms with Gasteiger partial charge >= 0.3 is 0 Å². The second-order valence-electron chi connectivity index (χ2n) is 7.40. The summed E-state index contributed by atoms with van der Waals surface area (Å²) >= 11 is 0. The number of ether oxygens (including phenoxy) is 1. The second kappa shape index (κ2) is 9.12. The molecule has 0 unspecified atom stereocenters. The van der Waals surface area contributed by atoms with E-state index in [2.05, 4.69) is 55.6 Å². The molecule has 2 saturated heterocycles. The van der Waals surface area contributed by atoms with Crippen LogP contribution >= 0.6 is 0 Å². The fourth-order valence-electron chi connectivity index (χ4n) is 3.73. The SMILES string of the molecule is O=C(Nc1ccc(N2CCN(Cc3ccccc3)CC2)nn1)C1CCOCC1. The standard InChI is InChI=1S/C21H27N5O2/c27-21(18-8-14-28-15-9-18)22-19-6-7-20(24-23-19)26-12-10-25(11-13-26)16-17-4-2-1-3-5-17/h1-7,18H,8-16H2,(H,22,23,27). The van der Waals surface area contributed by atoms with Crippen molar-refractivity contribution >= 4 is 17.5 Å². The number of hydrogen-bond donors (Lipinski definition) is 1. The third-order valence-electron chi connectivity index (χ3n) is 5.44. The van der Waals surface area contributed by atoms with Crippen LogP contribution in [0.3, 0.4) is 0 Å². The molecule has 7 heteroatoms. The molecule has 1 aromatic carbocycles. The lowest BCUT2D eigenvalue weighted by atomic mass is 9.99. The number of carbonyl (C=O) groups excluding carboxylic acids is 1. The Morgan fingerprint density at radius 3 is 2.43 bits per heavy atom. The highest BCUT2D eigenvalue weighted by molar-refractivity contribution is 5.91. The largest absolute Gasteiger partial charge is 0.381 e. The van der Waals surface area contributed by atoms with Crippen molar-refractivity contribution in [1.82, 2.24) is 15.1 Å². The Morgan fingerprint density at radius 2 is 1.75 bits per heavy atom. The summed E-state index contributed by atoms with van der Waals surface area (Å²) in [5.74, 6) is 1.40. The van der Waals surface area contributed by atoms with E-state index in [4.69, 9.17) is 4.74 Å². The first-order valence-corrected chi connectivity index (χ1v) is 10.0. The van der Waals surface area contributed by atoms with Gasteiger partial charge in [-0.2, -0.15) is 0 Å². The number of amides is 1. The summed E-state index contributed by atoms with van der Waals surface area (Å²) in [6.07, 6.45) is 1.54. The summed E-state index contributed by atoms with van der Waals surface area (Å²) in [6.45, 7) is 6.14. The van der Waals surface area contributed by atoms with E-state index in [0.717, 1.165) is 51.4 Å². The van der Waals surface area contributed by atoms with Gasteiger partial charge in [-0.15, -0.1) is 10.2 Å². The average Bonchev–Trinajstić information content (AvgIpc) is 2.76. The number of nitrogens with one attached hydrogen (secondary N) is 1. The highest BCUT2D eigenvalue weighted by Gasteiger charge is 2.22. The molecular formula is C21H27N5O2. The maximum absolute atomic E-state index is 12.3. The normalized spacial score (nSPS) is 18.8. The summed E-state index contributed by atoms with van der Waals surface area (Å²) in [6, 6.07) is 14.4. The lowest BCUT2D eigenvalue weighted by Crippen LogP contribution is -2.46. The van der Waals surface area contributed by atoms with Crippen molar-refractivity contribution in [3.8, 4) is 0 Å². The number of hydrogen-bond acceptors (Lipinski definition) is 6. The van der Waals surface area contributed by atoms with Crippen molar-refractivity contribution in [2.45, 2.75) is 19.4 Å². The molecule has 0 radical (unpaired) electrons. The fourth-order valence-corrected chi connectivity index (χ4v) is 3.73. The quantitative estimate of drug-likeness (QED) is 0.856. The van der Waals surface area contributed by atoms with Crippen LogP contribution in [0.1, 0.15) is 18.4 Å². The highest BCUT2D eigenvalue weighted by Crippen LogP contribution is 2.18. The van der Waals surface area contributed by atoms with Crippen molar-refractivity contribution in [2.75, 3.05) is 49.6 Å². The van der Waals surface area contributed by atoms with E-state index in [1.54, 1.807) is 0 Å². The van der Waals surface area contributed by atoms with E-state index in [9.17, 15) is 4.79 Å².